The van der Waals surface area contributed by atoms with E-state index in [-0.39, 0.29) is 5.91 Å². The number of thioether (sulfide) groups is 1. The Labute approximate surface area is 123 Å². The van der Waals surface area contributed by atoms with Crippen molar-refractivity contribution in [2.75, 3.05) is 50.5 Å². The van der Waals surface area contributed by atoms with Gasteiger partial charge < -0.3 is 15.8 Å². The maximum atomic E-state index is 12.1. The molecular formula is C14H21N3O2S. The fraction of sp³-hybridized carbons (Fsp3) is 0.500. The molecule has 6 heteroatoms. The number of carbonyl (C=O) groups is 1. The van der Waals surface area contributed by atoms with E-state index in [4.69, 9.17) is 10.5 Å². The molecule has 1 aromatic rings. The van der Waals surface area contributed by atoms with Gasteiger partial charge in [0, 0.05) is 49.4 Å². The SMILES string of the molecule is COc1ccc(C(=O)NCCN2CCSCC2)c(N)c1. The molecule has 0 unspecified atom stereocenters. The molecule has 0 saturated carbocycles. The van der Waals surface area contributed by atoms with Gasteiger partial charge in [-0.15, -0.1) is 0 Å². The Morgan fingerprint density at radius 1 is 1.45 bits per heavy atom. The third-order valence-electron chi connectivity index (χ3n) is 3.32. The van der Waals surface area contributed by atoms with E-state index in [9.17, 15) is 4.79 Å². The number of ether oxygens (including phenoxy) is 1. The number of methoxy groups -OCH3 is 1. The van der Waals surface area contributed by atoms with Crippen LogP contribution >= 0.6 is 11.8 Å². The third kappa shape index (κ3) is 4.05. The molecule has 20 heavy (non-hydrogen) atoms. The Hall–Kier alpha value is -1.40. The normalized spacial score (nSPS) is 15.8. The van der Waals surface area contributed by atoms with Crippen LogP contribution in [-0.2, 0) is 0 Å². The molecule has 3 N–H and O–H groups in total. The summed E-state index contributed by atoms with van der Waals surface area (Å²) in [5, 5.41) is 2.92. The number of nitrogens with one attached hydrogen (secondary N) is 1. The highest BCUT2D eigenvalue weighted by Gasteiger charge is 2.12. The van der Waals surface area contributed by atoms with Crippen molar-refractivity contribution in [3.8, 4) is 5.75 Å². The van der Waals surface area contributed by atoms with Gasteiger partial charge in [0.25, 0.3) is 5.91 Å². The van der Waals surface area contributed by atoms with Gasteiger partial charge in [-0.2, -0.15) is 11.8 Å². The zero-order chi connectivity index (χ0) is 14.4. The molecule has 1 aromatic carbocycles. The Balaban J connectivity index is 1.82. The highest BCUT2D eigenvalue weighted by Crippen LogP contribution is 2.19. The average Bonchev–Trinajstić information content (AvgIpc) is 2.48. The Morgan fingerprint density at radius 3 is 2.85 bits per heavy atom. The van der Waals surface area contributed by atoms with Gasteiger partial charge in [-0.1, -0.05) is 0 Å². The van der Waals surface area contributed by atoms with Crippen molar-refractivity contribution in [1.82, 2.24) is 10.2 Å². The number of amides is 1. The highest BCUT2D eigenvalue weighted by molar-refractivity contribution is 7.99. The summed E-state index contributed by atoms with van der Waals surface area (Å²) >= 11 is 1.98. The molecule has 0 aromatic heterocycles. The van der Waals surface area contributed by atoms with E-state index in [2.05, 4.69) is 10.2 Å². The van der Waals surface area contributed by atoms with Crippen LogP contribution in [0.1, 0.15) is 10.4 Å². The topological polar surface area (TPSA) is 67.6 Å². The Bertz CT molecular complexity index is 462. The molecule has 0 atom stereocenters. The molecule has 1 fully saturated rings. The van der Waals surface area contributed by atoms with Gasteiger partial charge in [0.2, 0.25) is 0 Å². The number of anilines is 1. The Morgan fingerprint density at radius 2 is 2.20 bits per heavy atom. The van der Waals surface area contributed by atoms with Gasteiger partial charge >= 0.3 is 0 Å². The van der Waals surface area contributed by atoms with E-state index in [0.717, 1.165) is 19.6 Å². The lowest BCUT2D eigenvalue weighted by atomic mass is 10.1. The van der Waals surface area contributed by atoms with Gasteiger partial charge in [0.1, 0.15) is 5.75 Å². The smallest absolute Gasteiger partial charge is 0.253 e. The number of nitrogens with zero attached hydrogens (tertiary/aromatic N) is 1. The van der Waals surface area contributed by atoms with Crippen LogP contribution in [0.4, 0.5) is 5.69 Å². The van der Waals surface area contributed by atoms with E-state index >= 15 is 0 Å². The monoisotopic (exact) mass is 295 g/mol. The molecule has 1 aliphatic heterocycles. The predicted molar refractivity (Wildman–Crippen MR) is 83.5 cm³/mol. The maximum Gasteiger partial charge on any atom is 0.253 e. The second-order valence-corrected chi connectivity index (χ2v) is 5.89. The lowest BCUT2D eigenvalue weighted by Crippen LogP contribution is -2.39. The molecule has 1 heterocycles. The second kappa shape index (κ2) is 7.40. The van der Waals surface area contributed by atoms with Crippen LogP contribution in [-0.4, -0.2) is 55.6 Å². The first kappa shape index (κ1) is 15.0. The lowest BCUT2D eigenvalue weighted by molar-refractivity contribution is 0.0950. The van der Waals surface area contributed by atoms with Crippen LogP contribution in [0.3, 0.4) is 0 Å². The average molecular weight is 295 g/mol. The molecule has 0 bridgehead atoms. The molecular weight excluding hydrogens is 274 g/mol. The van der Waals surface area contributed by atoms with Gasteiger partial charge in [-0.3, -0.25) is 9.69 Å². The quantitative estimate of drug-likeness (QED) is 0.795. The van der Waals surface area contributed by atoms with Gasteiger partial charge in [-0.05, 0) is 12.1 Å². The summed E-state index contributed by atoms with van der Waals surface area (Å²) in [6, 6.07) is 5.10. The first-order valence-corrected chi connectivity index (χ1v) is 7.88. The first-order chi connectivity index (χ1) is 9.70. The standard InChI is InChI=1S/C14H21N3O2S/c1-19-11-2-3-12(13(15)10-11)14(18)16-4-5-17-6-8-20-9-7-17/h2-3,10H,4-9,15H2,1H3,(H,16,18). The van der Waals surface area contributed by atoms with Crippen LogP contribution in [0.25, 0.3) is 0 Å². The molecule has 5 nitrogen and oxygen atoms in total. The van der Waals surface area contributed by atoms with Crippen LogP contribution in [0.15, 0.2) is 18.2 Å². The fourth-order valence-corrected chi connectivity index (χ4v) is 3.10. The molecule has 0 radical (unpaired) electrons. The van der Waals surface area contributed by atoms with Crippen molar-refractivity contribution in [1.29, 1.82) is 0 Å². The van der Waals surface area contributed by atoms with E-state index < -0.39 is 0 Å². The zero-order valence-electron chi connectivity index (χ0n) is 11.7. The molecule has 1 saturated heterocycles. The molecule has 2 rings (SSSR count). The summed E-state index contributed by atoms with van der Waals surface area (Å²) in [5.41, 5.74) is 6.80. The number of nitrogens with two attached hydrogens (primary N) is 1. The van der Waals surface area contributed by atoms with Crippen molar-refractivity contribution in [2.24, 2.45) is 0 Å². The summed E-state index contributed by atoms with van der Waals surface area (Å²) in [4.78, 5) is 14.4. The third-order valence-corrected chi connectivity index (χ3v) is 4.26. The molecule has 110 valence electrons. The van der Waals surface area contributed by atoms with Crippen molar-refractivity contribution in [3.05, 3.63) is 23.8 Å². The summed E-state index contributed by atoms with van der Waals surface area (Å²) in [6.45, 7) is 3.74. The lowest BCUT2D eigenvalue weighted by Gasteiger charge is -2.26. The largest absolute Gasteiger partial charge is 0.497 e. The molecule has 1 aliphatic rings. The maximum absolute atomic E-state index is 12.1. The van der Waals surface area contributed by atoms with E-state index in [0.29, 0.717) is 23.5 Å². The summed E-state index contributed by atoms with van der Waals surface area (Å²) in [6.07, 6.45) is 0. The minimum atomic E-state index is -0.128. The zero-order valence-corrected chi connectivity index (χ0v) is 12.5. The number of benzene rings is 1. The number of carbonyl (C=O) groups excluding carboxylic acids is 1. The van der Waals surface area contributed by atoms with E-state index in [1.54, 1.807) is 25.3 Å². The first-order valence-electron chi connectivity index (χ1n) is 6.72. The van der Waals surface area contributed by atoms with Gasteiger partial charge in [-0.25, -0.2) is 0 Å². The van der Waals surface area contributed by atoms with Gasteiger partial charge in [0.05, 0.1) is 12.7 Å². The molecule has 0 aliphatic carbocycles. The fourth-order valence-electron chi connectivity index (χ4n) is 2.12. The van der Waals surface area contributed by atoms with Crippen molar-refractivity contribution >= 4 is 23.4 Å². The van der Waals surface area contributed by atoms with Crippen molar-refractivity contribution in [3.63, 3.8) is 0 Å². The van der Waals surface area contributed by atoms with Crippen molar-refractivity contribution in [2.45, 2.75) is 0 Å². The predicted octanol–water partition coefficient (Wildman–Crippen LogP) is 1.06. The van der Waals surface area contributed by atoms with Crippen LogP contribution in [0, 0.1) is 0 Å². The van der Waals surface area contributed by atoms with Crippen LogP contribution in [0.5, 0.6) is 5.75 Å². The molecule has 1 amide bonds. The number of nitrogen functional groups attached to an aromatic ring is 1. The number of hydrogen-bond acceptors (Lipinski definition) is 5. The van der Waals surface area contributed by atoms with Crippen molar-refractivity contribution < 1.29 is 9.53 Å². The highest BCUT2D eigenvalue weighted by atomic mass is 32.2. The number of hydrogen-bond donors (Lipinski definition) is 2. The van der Waals surface area contributed by atoms with E-state index in [1.807, 2.05) is 11.8 Å². The van der Waals surface area contributed by atoms with Crippen LogP contribution < -0.4 is 15.8 Å². The van der Waals surface area contributed by atoms with E-state index in [1.165, 1.54) is 11.5 Å². The van der Waals surface area contributed by atoms with Crippen LogP contribution in [0.2, 0.25) is 0 Å². The summed E-state index contributed by atoms with van der Waals surface area (Å²) < 4.78 is 5.07. The summed E-state index contributed by atoms with van der Waals surface area (Å²) in [5.74, 6) is 2.89. The number of rotatable bonds is 5. The molecule has 0 spiro atoms. The summed E-state index contributed by atoms with van der Waals surface area (Å²) in [7, 11) is 1.57. The second-order valence-electron chi connectivity index (χ2n) is 4.66. The minimum absolute atomic E-state index is 0.128. The minimum Gasteiger partial charge on any atom is -0.497 e. The van der Waals surface area contributed by atoms with Gasteiger partial charge in [0.15, 0.2) is 0 Å². The Kier molecular flexibility index (Phi) is 5.55.